The summed E-state index contributed by atoms with van der Waals surface area (Å²) in [6, 6.07) is 10.3. The third-order valence-corrected chi connectivity index (χ3v) is 6.94. The van der Waals surface area contributed by atoms with Gasteiger partial charge in [0.15, 0.2) is 5.13 Å². The molecule has 2 aromatic heterocycles. The van der Waals surface area contributed by atoms with Gasteiger partial charge in [-0.25, -0.2) is 4.98 Å². The molecule has 3 heterocycles. The van der Waals surface area contributed by atoms with Crippen molar-refractivity contribution in [1.29, 1.82) is 0 Å². The van der Waals surface area contributed by atoms with E-state index in [1.807, 2.05) is 29.0 Å². The number of aromatic nitrogens is 1. The maximum absolute atomic E-state index is 12.2. The van der Waals surface area contributed by atoms with Crippen LogP contribution in [-0.2, 0) is 17.9 Å². The van der Waals surface area contributed by atoms with E-state index in [4.69, 9.17) is 10.5 Å². The van der Waals surface area contributed by atoms with Crippen LogP contribution in [0.1, 0.15) is 36.8 Å². The van der Waals surface area contributed by atoms with Gasteiger partial charge in [-0.15, -0.1) is 22.7 Å². The number of hydrogen-bond acceptors (Lipinski definition) is 7. The van der Waals surface area contributed by atoms with E-state index in [1.54, 1.807) is 11.3 Å². The van der Waals surface area contributed by atoms with E-state index >= 15 is 0 Å². The summed E-state index contributed by atoms with van der Waals surface area (Å²) in [6.45, 7) is 4.18. The first-order valence-electron chi connectivity index (χ1n) is 10.7. The van der Waals surface area contributed by atoms with Gasteiger partial charge in [-0.1, -0.05) is 18.6 Å². The Morgan fingerprint density at radius 1 is 1.13 bits per heavy atom. The van der Waals surface area contributed by atoms with Gasteiger partial charge in [0.2, 0.25) is 5.91 Å². The number of benzene rings is 1. The Labute approximate surface area is 191 Å². The molecule has 0 bridgehead atoms. The van der Waals surface area contributed by atoms with Gasteiger partial charge in [0.25, 0.3) is 0 Å². The Balaban J connectivity index is 1.18. The predicted molar refractivity (Wildman–Crippen MR) is 127 cm³/mol. The molecular weight excluding hydrogens is 428 g/mol. The zero-order valence-electron chi connectivity index (χ0n) is 17.5. The molecule has 1 amide bonds. The molecule has 3 aromatic rings. The van der Waals surface area contributed by atoms with Crippen LogP contribution in [0.2, 0.25) is 0 Å². The van der Waals surface area contributed by atoms with Gasteiger partial charge in [-0.2, -0.15) is 0 Å². The highest BCUT2D eigenvalue weighted by Gasteiger charge is 2.11. The van der Waals surface area contributed by atoms with Crippen LogP contribution in [0.3, 0.4) is 0 Å². The van der Waals surface area contributed by atoms with Crippen LogP contribution in [0, 0.1) is 0 Å². The SMILES string of the molecule is Nc1nc(-c2cc(CNC(=O)CCOc3cccc(CN4CCCCC4)c3)cs2)cs1. The topological polar surface area (TPSA) is 80.5 Å². The highest BCUT2D eigenvalue weighted by Crippen LogP contribution is 2.29. The Morgan fingerprint density at radius 2 is 2.00 bits per heavy atom. The lowest BCUT2D eigenvalue weighted by Gasteiger charge is -2.26. The van der Waals surface area contributed by atoms with Gasteiger partial charge in [0.1, 0.15) is 5.75 Å². The molecule has 0 saturated carbocycles. The molecule has 4 rings (SSSR count). The molecule has 1 aliphatic heterocycles. The molecule has 3 N–H and O–H groups in total. The van der Waals surface area contributed by atoms with Crippen LogP contribution in [0.4, 0.5) is 5.13 Å². The van der Waals surface area contributed by atoms with E-state index in [1.165, 1.54) is 49.3 Å². The zero-order valence-corrected chi connectivity index (χ0v) is 19.1. The maximum Gasteiger partial charge on any atom is 0.223 e. The van der Waals surface area contributed by atoms with Crippen LogP contribution in [-0.4, -0.2) is 35.5 Å². The van der Waals surface area contributed by atoms with Gasteiger partial charge in [0, 0.05) is 18.5 Å². The normalized spacial score (nSPS) is 14.5. The van der Waals surface area contributed by atoms with E-state index in [0.29, 0.717) is 24.7 Å². The number of thiazole rings is 1. The first kappa shape index (κ1) is 21.8. The summed E-state index contributed by atoms with van der Waals surface area (Å²) < 4.78 is 5.83. The van der Waals surface area contributed by atoms with Gasteiger partial charge < -0.3 is 15.8 Å². The second-order valence-electron chi connectivity index (χ2n) is 7.75. The van der Waals surface area contributed by atoms with Crippen LogP contribution >= 0.6 is 22.7 Å². The van der Waals surface area contributed by atoms with Crippen molar-refractivity contribution in [2.75, 3.05) is 25.4 Å². The zero-order chi connectivity index (χ0) is 21.5. The summed E-state index contributed by atoms with van der Waals surface area (Å²) in [6.07, 6.45) is 4.25. The standard InChI is InChI=1S/C23H28N4O2S2/c24-23-26-20(16-31-23)21-12-18(15-30-21)13-25-22(28)7-10-29-19-6-4-5-17(11-19)14-27-8-2-1-3-9-27/h4-6,11-12,15-16H,1-3,7-10,13-14H2,(H2,24,26)(H,25,28). The van der Waals surface area contributed by atoms with Crippen molar-refractivity contribution >= 4 is 33.7 Å². The third kappa shape index (κ3) is 6.53. The highest BCUT2D eigenvalue weighted by molar-refractivity contribution is 7.15. The number of carbonyl (C=O) groups is 1. The van der Waals surface area contributed by atoms with Crippen molar-refractivity contribution in [2.24, 2.45) is 0 Å². The lowest BCUT2D eigenvalue weighted by molar-refractivity contribution is -0.121. The molecule has 0 atom stereocenters. The minimum atomic E-state index is -0.0184. The number of nitrogens with two attached hydrogens (primary N) is 1. The number of nitrogens with zero attached hydrogens (tertiary/aromatic N) is 2. The maximum atomic E-state index is 12.2. The van der Waals surface area contributed by atoms with E-state index < -0.39 is 0 Å². The number of piperidine rings is 1. The second-order valence-corrected chi connectivity index (χ2v) is 9.55. The molecule has 164 valence electrons. The Bertz CT molecular complexity index is 995. The van der Waals surface area contributed by atoms with Crippen molar-refractivity contribution in [2.45, 2.75) is 38.8 Å². The highest BCUT2D eigenvalue weighted by atomic mass is 32.1. The molecule has 0 aliphatic carbocycles. The van der Waals surface area contributed by atoms with E-state index in [-0.39, 0.29) is 5.91 Å². The molecule has 31 heavy (non-hydrogen) atoms. The Hall–Kier alpha value is -2.42. The third-order valence-electron chi connectivity index (χ3n) is 5.27. The molecule has 0 radical (unpaired) electrons. The molecular formula is C23H28N4O2S2. The predicted octanol–water partition coefficient (Wildman–Crippen LogP) is 4.53. The van der Waals surface area contributed by atoms with Gasteiger partial charge in [-0.3, -0.25) is 9.69 Å². The molecule has 0 spiro atoms. The summed E-state index contributed by atoms with van der Waals surface area (Å²) >= 11 is 3.04. The average Bonchev–Trinajstić information content (AvgIpc) is 3.42. The minimum absolute atomic E-state index is 0.0184. The molecule has 0 unspecified atom stereocenters. The fraction of sp³-hybridized carbons (Fsp3) is 0.391. The molecule has 1 aliphatic rings. The average molecular weight is 457 g/mol. The van der Waals surface area contributed by atoms with Crippen molar-refractivity contribution < 1.29 is 9.53 Å². The Kier molecular flexibility index (Phi) is 7.56. The van der Waals surface area contributed by atoms with E-state index in [9.17, 15) is 4.79 Å². The van der Waals surface area contributed by atoms with Crippen LogP contribution in [0.15, 0.2) is 41.1 Å². The number of nitrogen functional groups attached to an aromatic ring is 1. The number of nitrogens with one attached hydrogen (secondary N) is 1. The lowest BCUT2D eigenvalue weighted by Crippen LogP contribution is -2.29. The number of rotatable bonds is 9. The first-order chi connectivity index (χ1) is 15.2. The molecule has 6 nitrogen and oxygen atoms in total. The monoisotopic (exact) mass is 456 g/mol. The first-order valence-corrected chi connectivity index (χ1v) is 12.4. The second kappa shape index (κ2) is 10.7. The molecule has 1 saturated heterocycles. The van der Waals surface area contributed by atoms with Crippen LogP contribution in [0.25, 0.3) is 10.6 Å². The summed E-state index contributed by atoms with van der Waals surface area (Å²) in [5, 5.41) is 7.51. The van der Waals surface area contributed by atoms with Crippen LogP contribution < -0.4 is 15.8 Å². The molecule has 8 heteroatoms. The number of likely N-dealkylation sites (tertiary alicyclic amines) is 1. The van der Waals surface area contributed by atoms with E-state index in [0.717, 1.165) is 28.4 Å². The lowest BCUT2D eigenvalue weighted by atomic mass is 10.1. The van der Waals surface area contributed by atoms with Gasteiger partial charge in [-0.05, 0) is 60.6 Å². The summed E-state index contributed by atoms with van der Waals surface area (Å²) in [5.74, 6) is 0.808. The van der Waals surface area contributed by atoms with E-state index in [2.05, 4.69) is 27.3 Å². The summed E-state index contributed by atoms with van der Waals surface area (Å²) in [5.41, 5.74) is 8.92. The number of amides is 1. The fourth-order valence-corrected chi connectivity index (χ4v) is 5.18. The molecule has 1 fully saturated rings. The Morgan fingerprint density at radius 3 is 2.81 bits per heavy atom. The summed E-state index contributed by atoms with van der Waals surface area (Å²) in [7, 11) is 0. The van der Waals surface area contributed by atoms with Gasteiger partial charge >= 0.3 is 0 Å². The van der Waals surface area contributed by atoms with Crippen molar-refractivity contribution in [3.05, 3.63) is 52.2 Å². The minimum Gasteiger partial charge on any atom is -0.493 e. The van der Waals surface area contributed by atoms with Gasteiger partial charge in [0.05, 0.1) is 23.6 Å². The number of ether oxygens (including phenoxy) is 1. The smallest absolute Gasteiger partial charge is 0.223 e. The number of carbonyl (C=O) groups excluding carboxylic acids is 1. The number of hydrogen-bond donors (Lipinski definition) is 2. The van der Waals surface area contributed by atoms with Crippen molar-refractivity contribution in [3.8, 4) is 16.3 Å². The summed E-state index contributed by atoms with van der Waals surface area (Å²) in [4.78, 5) is 20.0. The van der Waals surface area contributed by atoms with Crippen molar-refractivity contribution in [3.63, 3.8) is 0 Å². The quantitative estimate of drug-likeness (QED) is 0.495. The molecule has 1 aromatic carbocycles. The largest absolute Gasteiger partial charge is 0.493 e. The fourth-order valence-electron chi connectivity index (χ4n) is 3.66. The van der Waals surface area contributed by atoms with Crippen LogP contribution in [0.5, 0.6) is 5.75 Å². The number of thiophene rings is 1. The van der Waals surface area contributed by atoms with Crippen molar-refractivity contribution in [1.82, 2.24) is 15.2 Å². The number of anilines is 1.